The van der Waals surface area contributed by atoms with Crippen molar-refractivity contribution in [3.05, 3.63) is 71.0 Å². The summed E-state index contributed by atoms with van der Waals surface area (Å²) in [4.78, 5) is 28.1. The minimum Gasteiger partial charge on any atom is -0.452 e. The number of nitrogens with zero attached hydrogens (tertiary/aromatic N) is 4. The van der Waals surface area contributed by atoms with Crippen LogP contribution in [0.5, 0.6) is 23.0 Å². The Morgan fingerprint density at radius 3 is 1.80 bits per heavy atom. The second kappa shape index (κ2) is 15.1. The molecule has 0 amide bonds. The number of hydrogen-bond acceptors (Lipinski definition) is 12. The van der Waals surface area contributed by atoms with Crippen LogP contribution in [0.3, 0.4) is 0 Å². The number of benzene rings is 2. The van der Waals surface area contributed by atoms with Crippen LogP contribution >= 0.6 is 23.2 Å². The van der Waals surface area contributed by atoms with Crippen molar-refractivity contribution in [2.45, 2.75) is 50.6 Å². The topological polar surface area (TPSA) is 183 Å². The van der Waals surface area contributed by atoms with Crippen LogP contribution in [0.15, 0.2) is 60.9 Å². The predicted molar refractivity (Wildman–Crippen MR) is 174 cm³/mol. The number of anilines is 4. The van der Waals surface area contributed by atoms with Crippen molar-refractivity contribution in [2.75, 3.05) is 28.7 Å². The molecule has 0 bridgehead atoms. The van der Waals surface area contributed by atoms with E-state index < -0.39 is 0 Å². The van der Waals surface area contributed by atoms with Crippen LogP contribution < -0.4 is 31.6 Å². The molecule has 0 spiro atoms. The van der Waals surface area contributed by atoms with E-state index in [4.69, 9.17) is 44.1 Å². The van der Waals surface area contributed by atoms with Gasteiger partial charge < -0.3 is 36.7 Å². The van der Waals surface area contributed by atoms with Crippen LogP contribution in [0.2, 0.25) is 10.0 Å². The maximum atomic E-state index is 11.8. The lowest BCUT2D eigenvalue weighted by atomic mass is 10.1. The molecule has 7 N–H and O–H groups in total. The van der Waals surface area contributed by atoms with Gasteiger partial charge in [-0.25, -0.2) is 9.97 Å². The van der Waals surface area contributed by atoms with Gasteiger partial charge in [0.15, 0.2) is 28.9 Å². The molecule has 14 heteroatoms. The van der Waals surface area contributed by atoms with Crippen molar-refractivity contribution >= 4 is 52.5 Å². The number of nitrogen functional groups attached to an aromatic ring is 2. The normalized spacial score (nSPS) is 19.0. The molecule has 2 aliphatic rings. The molecule has 1 unspecified atom stereocenters. The molecule has 3 atom stereocenters. The summed E-state index contributed by atoms with van der Waals surface area (Å²) < 4.78 is 11.6. The first-order valence-electron chi connectivity index (χ1n) is 14.5. The first kappa shape index (κ1) is 32.0. The van der Waals surface area contributed by atoms with E-state index in [1.54, 1.807) is 54.7 Å². The maximum absolute atomic E-state index is 11.8. The molecule has 12 nitrogen and oxygen atoms in total. The summed E-state index contributed by atoms with van der Waals surface area (Å²) in [6, 6.07) is 14.0. The Kier molecular flexibility index (Phi) is 10.7. The quantitative estimate of drug-likeness (QED) is 0.140. The first-order valence-corrected chi connectivity index (χ1v) is 15.3. The van der Waals surface area contributed by atoms with Crippen molar-refractivity contribution in [3.8, 4) is 23.0 Å². The molecular formula is C31H34Cl2N8O4. The Labute approximate surface area is 270 Å². The van der Waals surface area contributed by atoms with Gasteiger partial charge in [0.2, 0.25) is 11.9 Å². The average Bonchev–Trinajstić information content (AvgIpc) is 3.66. The number of Topliss-reactive ketones (excluding diaryl/α,β-unsaturated/α-hetero) is 1. The average molecular weight is 654 g/mol. The third-order valence-electron chi connectivity index (χ3n) is 7.39. The number of carbonyl (C=O) groups excluding carboxylic acids is 1. The minimum atomic E-state index is -0.248. The molecule has 2 fully saturated rings. The van der Waals surface area contributed by atoms with Gasteiger partial charge in [0.1, 0.15) is 11.5 Å². The van der Waals surface area contributed by atoms with E-state index in [1.165, 1.54) is 6.20 Å². The molecule has 236 valence electrons. The van der Waals surface area contributed by atoms with Gasteiger partial charge in [-0.1, -0.05) is 23.2 Å². The highest BCUT2D eigenvalue weighted by Gasteiger charge is 2.27. The highest BCUT2D eigenvalue weighted by Crippen LogP contribution is 2.33. The largest absolute Gasteiger partial charge is 0.452 e. The van der Waals surface area contributed by atoms with Gasteiger partial charge in [-0.2, -0.15) is 9.97 Å². The highest BCUT2D eigenvalue weighted by molar-refractivity contribution is 6.30. The third-order valence-corrected chi connectivity index (χ3v) is 7.89. The summed E-state index contributed by atoms with van der Waals surface area (Å²) in [5.41, 5.74) is 11.3. The minimum absolute atomic E-state index is 0.122. The summed E-state index contributed by atoms with van der Waals surface area (Å²) in [7, 11) is 0. The Bertz CT molecular complexity index is 1590. The summed E-state index contributed by atoms with van der Waals surface area (Å²) in [5, 5.41) is 17.0. The van der Waals surface area contributed by atoms with Gasteiger partial charge in [0.25, 0.3) is 0 Å². The summed E-state index contributed by atoms with van der Waals surface area (Å²) >= 11 is 11.7. The highest BCUT2D eigenvalue weighted by atomic mass is 35.5. The molecule has 2 heterocycles. The molecule has 2 aliphatic carbocycles. The van der Waals surface area contributed by atoms with Crippen LogP contribution in [-0.2, 0) is 4.79 Å². The molecule has 2 aromatic carbocycles. The van der Waals surface area contributed by atoms with E-state index in [0.717, 1.165) is 32.1 Å². The van der Waals surface area contributed by atoms with E-state index in [-0.39, 0.29) is 36.4 Å². The summed E-state index contributed by atoms with van der Waals surface area (Å²) in [6.07, 6.45) is 8.17. The molecule has 2 aromatic heterocycles. The van der Waals surface area contributed by atoms with Gasteiger partial charge in [-0.15, -0.1) is 0 Å². The van der Waals surface area contributed by atoms with Crippen LogP contribution in [0.1, 0.15) is 38.5 Å². The number of aromatic nitrogens is 4. The van der Waals surface area contributed by atoms with E-state index in [0.29, 0.717) is 57.0 Å². The maximum Gasteiger partial charge on any atom is 0.222 e. The molecule has 4 aromatic rings. The number of aliphatic hydroxyl groups is 1. The van der Waals surface area contributed by atoms with Gasteiger partial charge in [-0.3, -0.25) is 4.79 Å². The Morgan fingerprint density at radius 1 is 0.800 bits per heavy atom. The molecular weight excluding hydrogens is 619 g/mol. The Balaban J connectivity index is 0.000000178. The van der Waals surface area contributed by atoms with Gasteiger partial charge in [-0.05, 0) is 86.6 Å². The van der Waals surface area contributed by atoms with Crippen LogP contribution in [0.25, 0.3) is 0 Å². The van der Waals surface area contributed by atoms with Gasteiger partial charge in [0, 0.05) is 29.1 Å². The molecule has 45 heavy (non-hydrogen) atoms. The Morgan fingerprint density at radius 2 is 1.33 bits per heavy atom. The zero-order valence-electron chi connectivity index (χ0n) is 24.3. The standard InChI is InChI=1S/C16H19ClN4O2.C15H15ClN4O2/c17-11-2-5-13(6-3-11)23-14-8-19-16(18)21-15(14)20-12-4-1-10(7-12)9-22;16-9-4-6-10(7-5-9)22-13-8-18-15(17)20-14(13)19-11-2-1-3-12(11)21/h2-3,5-6,8,10,12,22H,1,4,7,9H2,(H3,18,19,20,21);4-8,11H,1-3H2,(H3,17,18,19,20)/t10-,12-;/m0./s1. The monoisotopic (exact) mass is 652 g/mol. The van der Waals surface area contributed by atoms with Crippen LogP contribution in [0.4, 0.5) is 23.5 Å². The van der Waals surface area contributed by atoms with Gasteiger partial charge in [0.05, 0.1) is 18.4 Å². The number of aliphatic hydroxyl groups excluding tert-OH is 1. The van der Waals surface area contributed by atoms with Crippen molar-refractivity contribution in [3.63, 3.8) is 0 Å². The number of hydrogen-bond donors (Lipinski definition) is 5. The fraction of sp³-hybridized carbons (Fsp3) is 0.323. The number of halogens is 2. The molecule has 0 radical (unpaired) electrons. The molecule has 2 saturated carbocycles. The number of rotatable bonds is 9. The fourth-order valence-electron chi connectivity index (χ4n) is 5.08. The lowest BCUT2D eigenvalue weighted by Gasteiger charge is -2.16. The van der Waals surface area contributed by atoms with Crippen LogP contribution in [0, 0.1) is 5.92 Å². The smallest absolute Gasteiger partial charge is 0.222 e. The van der Waals surface area contributed by atoms with E-state index in [1.807, 2.05) is 0 Å². The lowest BCUT2D eigenvalue weighted by Crippen LogP contribution is -2.24. The first-order chi connectivity index (χ1) is 21.7. The predicted octanol–water partition coefficient (Wildman–Crippen LogP) is 6.12. The van der Waals surface area contributed by atoms with Crippen LogP contribution in [-0.4, -0.2) is 49.5 Å². The SMILES string of the molecule is Nc1ncc(Oc2ccc(Cl)cc2)c(NC2CCCC2=O)n1.Nc1ncc(Oc2ccc(Cl)cc2)c(N[C@H]2CC[C@H](CO)C2)n1. The van der Waals surface area contributed by atoms with Crippen molar-refractivity contribution in [1.29, 1.82) is 0 Å². The zero-order valence-corrected chi connectivity index (χ0v) is 25.8. The van der Waals surface area contributed by atoms with Gasteiger partial charge >= 0.3 is 0 Å². The van der Waals surface area contributed by atoms with Crippen molar-refractivity contribution < 1.29 is 19.4 Å². The van der Waals surface area contributed by atoms with E-state index >= 15 is 0 Å². The number of nitrogens with one attached hydrogen (secondary N) is 2. The summed E-state index contributed by atoms with van der Waals surface area (Å²) in [6.45, 7) is 0.220. The zero-order chi connectivity index (χ0) is 31.8. The fourth-order valence-corrected chi connectivity index (χ4v) is 5.33. The lowest BCUT2D eigenvalue weighted by molar-refractivity contribution is -0.118. The third kappa shape index (κ3) is 9.07. The molecule has 0 aliphatic heterocycles. The van der Waals surface area contributed by atoms with Crippen molar-refractivity contribution in [2.24, 2.45) is 5.92 Å². The second-order valence-corrected chi connectivity index (χ2v) is 11.6. The number of ketones is 1. The number of nitrogens with two attached hydrogens (primary N) is 2. The molecule has 6 rings (SSSR count). The second-order valence-electron chi connectivity index (χ2n) is 10.8. The summed E-state index contributed by atoms with van der Waals surface area (Å²) in [5.74, 6) is 3.97. The van der Waals surface area contributed by atoms with E-state index in [2.05, 4.69) is 30.6 Å². The number of carbonyl (C=O) groups is 1. The number of ether oxygens (including phenoxy) is 2. The Hall–Kier alpha value is -4.39. The van der Waals surface area contributed by atoms with E-state index in [9.17, 15) is 9.90 Å². The molecule has 0 saturated heterocycles. The van der Waals surface area contributed by atoms with Crippen molar-refractivity contribution in [1.82, 2.24) is 19.9 Å².